The first kappa shape index (κ1) is 22.3. The van der Waals surface area contributed by atoms with Gasteiger partial charge in [0.2, 0.25) is 0 Å². The number of carbonyl (C=O) groups excluding carboxylic acids is 3. The summed E-state index contributed by atoms with van der Waals surface area (Å²) in [5.74, 6) is -0.119. The normalized spacial score (nSPS) is 14.1. The SMILES string of the molecule is Cc1ccc(C(=O)N(C)c2ccc(OC(=O)C3CCN(C(=O)c4ccco4)CC3)cc2)cc1. The Morgan fingerprint density at radius 1 is 0.970 bits per heavy atom. The Labute approximate surface area is 192 Å². The van der Waals surface area contributed by atoms with Crippen LogP contribution in [0.25, 0.3) is 0 Å². The number of anilines is 1. The first-order valence-electron chi connectivity index (χ1n) is 10.9. The van der Waals surface area contributed by atoms with Crippen LogP contribution in [0.15, 0.2) is 71.3 Å². The topological polar surface area (TPSA) is 80.1 Å². The molecule has 1 saturated heterocycles. The van der Waals surface area contributed by atoms with Crippen LogP contribution in [-0.4, -0.2) is 42.8 Å². The Balaban J connectivity index is 1.30. The third-order valence-electron chi connectivity index (χ3n) is 5.89. The average molecular weight is 447 g/mol. The third-order valence-corrected chi connectivity index (χ3v) is 5.89. The fourth-order valence-electron chi connectivity index (χ4n) is 3.82. The lowest BCUT2D eigenvalue weighted by Gasteiger charge is -2.30. The molecule has 7 nitrogen and oxygen atoms in total. The van der Waals surface area contributed by atoms with E-state index in [-0.39, 0.29) is 23.7 Å². The summed E-state index contributed by atoms with van der Waals surface area (Å²) in [6, 6.07) is 17.6. The third kappa shape index (κ3) is 5.14. The van der Waals surface area contributed by atoms with Crippen molar-refractivity contribution in [3.05, 3.63) is 83.8 Å². The molecule has 0 radical (unpaired) electrons. The van der Waals surface area contributed by atoms with Crippen LogP contribution in [0.4, 0.5) is 5.69 Å². The van der Waals surface area contributed by atoms with Crippen molar-refractivity contribution in [3.8, 4) is 5.75 Å². The highest BCUT2D eigenvalue weighted by atomic mass is 16.5. The van der Waals surface area contributed by atoms with Crippen molar-refractivity contribution in [2.24, 2.45) is 5.92 Å². The summed E-state index contributed by atoms with van der Waals surface area (Å²) < 4.78 is 10.7. The summed E-state index contributed by atoms with van der Waals surface area (Å²) in [7, 11) is 1.71. The van der Waals surface area contributed by atoms with Crippen molar-refractivity contribution in [1.82, 2.24) is 4.90 Å². The zero-order chi connectivity index (χ0) is 23.4. The highest BCUT2D eigenvalue weighted by molar-refractivity contribution is 6.05. The average Bonchev–Trinajstić information content (AvgIpc) is 3.39. The van der Waals surface area contributed by atoms with Crippen LogP contribution in [-0.2, 0) is 4.79 Å². The van der Waals surface area contributed by atoms with Gasteiger partial charge in [-0.05, 0) is 68.3 Å². The quantitative estimate of drug-likeness (QED) is 0.431. The zero-order valence-corrected chi connectivity index (χ0v) is 18.7. The Hall–Kier alpha value is -3.87. The summed E-state index contributed by atoms with van der Waals surface area (Å²) in [5, 5.41) is 0. The van der Waals surface area contributed by atoms with E-state index in [1.165, 1.54) is 6.26 Å². The maximum Gasteiger partial charge on any atom is 0.314 e. The number of esters is 1. The van der Waals surface area contributed by atoms with Crippen molar-refractivity contribution < 1.29 is 23.5 Å². The van der Waals surface area contributed by atoms with E-state index in [9.17, 15) is 14.4 Å². The number of hydrogen-bond donors (Lipinski definition) is 0. The molecule has 33 heavy (non-hydrogen) atoms. The van der Waals surface area contributed by atoms with Crippen molar-refractivity contribution >= 4 is 23.5 Å². The number of benzene rings is 2. The zero-order valence-electron chi connectivity index (χ0n) is 18.7. The lowest BCUT2D eigenvalue weighted by atomic mass is 9.97. The highest BCUT2D eigenvalue weighted by Gasteiger charge is 2.30. The van der Waals surface area contributed by atoms with E-state index >= 15 is 0 Å². The fraction of sp³-hybridized carbons (Fsp3) is 0.269. The van der Waals surface area contributed by atoms with Crippen LogP contribution in [0, 0.1) is 12.8 Å². The molecule has 4 rings (SSSR count). The minimum atomic E-state index is -0.308. The molecule has 3 aromatic rings. The summed E-state index contributed by atoms with van der Waals surface area (Å²) in [6.45, 7) is 2.93. The van der Waals surface area contributed by atoms with E-state index in [0.717, 1.165) is 5.56 Å². The molecular weight excluding hydrogens is 420 g/mol. The molecule has 1 fully saturated rings. The number of carbonyl (C=O) groups is 3. The molecule has 0 aliphatic carbocycles. The number of rotatable bonds is 5. The van der Waals surface area contributed by atoms with E-state index in [1.54, 1.807) is 65.4 Å². The van der Waals surface area contributed by atoms with Gasteiger partial charge in [0, 0.05) is 31.4 Å². The molecule has 2 heterocycles. The number of piperidine rings is 1. The lowest BCUT2D eigenvalue weighted by molar-refractivity contribution is -0.140. The Kier molecular flexibility index (Phi) is 6.58. The number of amides is 2. The van der Waals surface area contributed by atoms with Crippen LogP contribution in [0.5, 0.6) is 5.75 Å². The monoisotopic (exact) mass is 446 g/mol. The maximum absolute atomic E-state index is 12.7. The van der Waals surface area contributed by atoms with Crippen LogP contribution >= 0.6 is 0 Å². The van der Waals surface area contributed by atoms with E-state index in [4.69, 9.17) is 9.15 Å². The first-order chi connectivity index (χ1) is 15.9. The van der Waals surface area contributed by atoms with Gasteiger partial charge in [-0.3, -0.25) is 14.4 Å². The van der Waals surface area contributed by atoms with E-state index in [1.807, 2.05) is 19.1 Å². The maximum atomic E-state index is 12.7. The molecule has 2 aromatic carbocycles. The molecule has 2 amide bonds. The van der Waals surface area contributed by atoms with Gasteiger partial charge in [0.1, 0.15) is 5.75 Å². The van der Waals surface area contributed by atoms with E-state index in [2.05, 4.69) is 0 Å². The number of ether oxygens (including phenoxy) is 1. The molecule has 0 bridgehead atoms. The van der Waals surface area contributed by atoms with Crippen LogP contribution in [0.3, 0.4) is 0 Å². The largest absolute Gasteiger partial charge is 0.459 e. The molecule has 0 atom stereocenters. The van der Waals surface area contributed by atoms with Gasteiger partial charge in [0.15, 0.2) is 5.76 Å². The Bertz CT molecular complexity index is 1110. The number of furan rings is 1. The second-order valence-electron chi connectivity index (χ2n) is 8.19. The smallest absolute Gasteiger partial charge is 0.314 e. The molecule has 1 aliphatic heterocycles. The second-order valence-corrected chi connectivity index (χ2v) is 8.19. The molecule has 7 heteroatoms. The standard InChI is InChI=1S/C26H26N2O5/c1-18-5-7-19(8-6-18)24(29)27(2)21-9-11-22(12-10-21)33-26(31)20-13-15-28(16-14-20)25(30)23-4-3-17-32-23/h3-12,17,20H,13-16H2,1-2H3. The van der Waals surface area contributed by atoms with Gasteiger partial charge in [-0.1, -0.05) is 17.7 Å². The van der Waals surface area contributed by atoms with Crippen molar-refractivity contribution in [2.45, 2.75) is 19.8 Å². The van der Waals surface area contributed by atoms with Gasteiger partial charge < -0.3 is 19.0 Å². The van der Waals surface area contributed by atoms with Gasteiger partial charge >= 0.3 is 5.97 Å². The molecule has 0 saturated carbocycles. The highest BCUT2D eigenvalue weighted by Crippen LogP contribution is 2.24. The van der Waals surface area contributed by atoms with Gasteiger partial charge in [-0.25, -0.2) is 0 Å². The van der Waals surface area contributed by atoms with Gasteiger partial charge in [0.05, 0.1) is 12.2 Å². The Morgan fingerprint density at radius 2 is 1.64 bits per heavy atom. The van der Waals surface area contributed by atoms with Crippen molar-refractivity contribution in [1.29, 1.82) is 0 Å². The summed E-state index contributed by atoms with van der Waals surface area (Å²) in [5.41, 5.74) is 2.40. The van der Waals surface area contributed by atoms with Gasteiger partial charge in [0.25, 0.3) is 11.8 Å². The summed E-state index contributed by atoms with van der Waals surface area (Å²) >= 11 is 0. The molecule has 0 N–H and O–H groups in total. The van der Waals surface area contributed by atoms with Gasteiger partial charge in [-0.2, -0.15) is 0 Å². The van der Waals surface area contributed by atoms with Crippen molar-refractivity contribution in [3.63, 3.8) is 0 Å². The molecule has 170 valence electrons. The predicted molar refractivity (Wildman–Crippen MR) is 123 cm³/mol. The Morgan fingerprint density at radius 3 is 2.24 bits per heavy atom. The summed E-state index contributed by atoms with van der Waals surface area (Å²) in [6.07, 6.45) is 2.55. The number of aryl methyl sites for hydroxylation is 1. The molecule has 0 spiro atoms. The predicted octanol–water partition coefficient (Wildman–Crippen LogP) is 4.32. The molecule has 1 aliphatic rings. The minimum Gasteiger partial charge on any atom is -0.459 e. The van der Waals surface area contributed by atoms with E-state index in [0.29, 0.717) is 48.7 Å². The van der Waals surface area contributed by atoms with Crippen LogP contribution < -0.4 is 9.64 Å². The first-order valence-corrected chi connectivity index (χ1v) is 10.9. The van der Waals surface area contributed by atoms with Crippen molar-refractivity contribution in [2.75, 3.05) is 25.0 Å². The molecule has 1 aromatic heterocycles. The lowest BCUT2D eigenvalue weighted by Crippen LogP contribution is -2.41. The number of nitrogens with zero attached hydrogens (tertiary/aromatic N) is 2. The minimum absolute atomic E-state index is 0.115. The number of hydrogen-bond acceptors (Lipinski definition) is 5. The molecule has 0 unspecified atom stereocenters. The van der Waals surface area contributed by atoms with Crippen LogP contribution in [0.1, 0.15) is 39.3 Å². The fourth-order valence-corrected chi connectivity index (χ4v) is 3.82. The molecular formula is C26H26N2O5. The van der Waals surface area contributed by atoms with Gasteiger partial charge in [-0.15, -0.1) is 0 Å². The van der Waals surface area contributed by atoms with Crippen LogP contribution in [0.2, 0.25) is 0 Å². The number of likely N-dealkylation sites (tertiary alicyclic amines) is 1. The summed E-state index contributed by atoms with van der Waals surface area (Å²) in [4.78, 5) is 40.9. The second kappa shape index (κ2) is 9.73. The van der Waals surface area contributed by atoms with E-state index < -0.39 is 0 Å².